The Labute approximate surface area is 95.0 Å². The molecular weight excluding hydrogens is 204 g/mol. The molecule has 0 unspecified atom stereocenters. The van der Waals surface area contributed by atoms with Gasteiger partial charge >= 0.3 is 0 Å². The van der Waals surface area contributed by atoms with Gasteiger partial charge in [0.25, 0.3) is 0 Å². The standard InChI is InChI=1S/C13H16O3/c14-13(5-1-2-6-13)10-3-4-11-12(9-10)16-8-7-15-11/h3-4,9,14H,1-2,5-8H2. The highest BCUT2D eigenvalue weighted by Crippen LogP contribution is 2.42. The van der Waals surface area contributed by atoms with E-state index in [1.807, 2.05) is 18.2 Å². The van der Waals surface area contributed by atoms with E-state index in [-0.39, 0.29) is 0 Å². The van der Waals surface area contributed by atoms with Crippen molar-refractivity contribution in [2.45, 2.75) is 31.3 Å². The highest BCUT2D eigenvalue weighted by Gasteiger charge is 2.33. The number of hydrogen-bond donors (Lipinski definition) is 1. The monoisotopic (exact) mass is 220 g/mol. The summed E-state index contributed by atoms with van der Waals surface area (Å²) in [4.78, 5) is 0. The van der Waals surface area contributed by atoms with Gasteiger partial charge in [-0.15, -0.1) is 0 Å². The number of hydrogen-bond acceptors (Lipinski definition) is 3. The second-order valence-corrected chi connectivity index (χ2v) is 4.60. The fourth-order valence-electron chi connectivity index (χ4n) is 2.58. The van der Waals surface area contributed by atoms with Gasteiger partial charge in [0.15, 0.2) is 11.5 Å². The molecule has 3 heteroatoms. The number of rotatable bonds is 1. The summed E-state index contributed by atoms with van der Waals surface area (Å²) in [5.74, 6) is 1.56. The Kier molecular flexibility index (Phi) is 2.28. The predicted octanol–water partition coefficient (Wildman–Crippen LogP) is 2.22. The van der Waals surface area contributed by atoms with Gasteiger partial charge in [-0.3, -0.25) is 0 Å². The third-order valence-corrected chi connectivity index (χ3v) is 3.51. The first-order chi connectivity index (χ1) is 7.78. The van der Waals surface area contributed by atoms with Gasteiger partial charge < -0.3 is 14.6 Å². The van der Waals surface area contributed by atoms with Crippen molar-refractivity contribution in [2.24, 2.45) is 0 Å². The molecule has 3 rings (SSSR count). The summed E-state index contributed by atoms with van der Waals surface area (Å²) in [6, 6.07) is 5.79. The lowest BCUT2D eigenvalue weighted by molar-refractivity contribution is 0.0438. The molecule has 1 aliphatic carbocycles. The van der Waals surface area contributed by atoms with Crippen LogP contribution in [0.25, 0.3) is 0 Å². The fourth-order valence-corrected chi connectivity index (χ4v) is 2.58. The molecule has 0 bridgehead atoms. The molecule has 0 aromatic heterocycles. The zero-order valence-corrected chi connectivity index (χ0v) is 9.24. The number of aliphatic hydroxyl groups is 1. The van der Waals surface area contributed by atoms with Gasteiger partial charge in [0.05, 0.1) is 5.60 Å². The Hall–Kier alpha value is -1.22. The predicted molar refractivity (Wildman–Crippen MR) is 59.8 cm³/mol. The molecule has 1 saturated carbocycles. The fraction of sp³-hybridized carbons (Fsp3) is 0.538. The highest BCUT2D eigenvalue weighted by atomic mass is 16.6. The summed E-state index contributed by atoms with van der Waals surface area (Å²) in [6.45, 7) is 1.20. The molecule has 0 saturated heterocycles. The molecule has 86 valence electrons. The van der Waals surface area contributed by atoms with E-state index in [0.717, 1.165) is 42.7 Å². The van der Waals surface area contributed by atoms with E-state index in [4.69, 9.17) is 9.47 Å². The van der Waals surface area contributed by atoms with E-state index >= 15 is 0 Å². The molecule has 16 heavy (non-hydrogen) atoms. The van der Waals surface area contributed by atoms with E-state index in [0.29, 0.717) is 13.2 Å². The molecule has 0 radical (unpaired) electrons. The van der Waals surface area contributed by atoms with Gasteiger partial charge in [-0.2, -0.15) is 0 Å². The number of benzene rings is 1. The largest absolute Gasteiger partial charge is 0.486 e. The average Bonchev–Trinajstić information content (AvgIpc) is 2.77. The zero-order chi connectivity index (χ0) is 11.0. The van der Waals surface area contributed by atoms with Crippen molar-refractivity contribution in [3.05, 3.63) is 23.8 Å². The van der Waals surface area contributed by atoms with Crippen LogP contribution in [0, 0.1) is 0 Å². The van der Waals surface area contributed by atoms with Gasteiger partial charge in [-0.25, -0.2) is 0 Å². The molecule has 1 N–H and O–H groups in total. The van der Waals surface area contributed by atoms with Gasteiger partial charge in [0, 0.05) is 0 Å². The minimum absolute atomic E-state index is 0.592. The van der Waals surface area contributed by atoms with E-state index in [2.05, 4.69) is 0 Å². The van der Waals surface area contributed by atoms with Crippen molar-refractivity contribution >= 4 is 0 Å². The third-order valence-electron chi connectivity index (χ3n) is 3.51. The van der Waals surface area contributed by atoms with Crippen LogP contribution in [0.4, 0.5) is 0 Å². The smallest absolute Gasteiger partial charge is 0.161 e. The second-order valence-electron chi connectivity index (χ2n) is 4.60. The Morgan fingerprint density at radius 3 is 2.44 bits per heavy atom. The van der Waals surface area contributed by atoms with Crippen molar-refractivity contribution in [2.75, 3.05) is 13.2 Å². The second kappa shape index (κ2) is 3.67. The third kappa shape index (κ3) is 1.55. The van der Waals surface area contributed by atoms with Crippen LogP contribution in [0.2, 0.25) is 0 Å². The quantitative estimate of drug-likeness (QED) is 0.788. The molecule has 0 spiro atoms. The van der Waals surface area contributed by atoms with Crippen LogP contribution in [-0.4, -0.2) is 18.3 Å². The Morgan fingerprint density at radius 1 is 1.00 bits per heavy atom. The summed E-state index contributed by atoms with van der Waals surface area (Å²) in [5.41, 5.74) is 0.324. The lowest BCUT2D eigenvalue weighted by Gasteiger charge is -2.25. The van der Waals surface area contributed by atoms with Crippen LogP contribution in [0.1, 0.15) is 31.2 Å². The summed E-state index contributed by atoms with van der Waals surface area (Å²) < 4.78 is 11.0. The maximum atomic E-state index is 10.5. The SMILES string of the molecule is OC1(c2ccc3c(c2)OCCO3)CCCC1. The van der Waals surface area contributed by atoms with E-state index in [1.54, 1.807) is 0 Å². The molecule has 1 aromatic carbocycles. The van der Waals surface area contributed by atoms with E-state index in [1.165, 1.54) is 0 Å². The minimum Gasteiger partial charge on any atom is -0.486 e. The molecule has 1 fully saturated rings. The first kappa shape index (κ1) is 9.97. The van der Waals surface area contributed by atoms with Crippen molar-refractivity contribution in [1.82, 2.24) is 0 Å². The number of fused-ring (bicyclic) bond motifs is 1. The normalized spacial score (nSPS) is 22.1. The Balaban J connectivity index is 1.96. The van der Waals surface area contributed by atoms with Crippen LogP contribution in [0.3, 0.4) is 0 Å². The Bertz CT molecular complexity index is 394. The van der Waals surface area contributed by atoms with Crippen LogP contribution in [0.15, 0.2) is 18.2 Å². The molecule has 2 aliphatic rings. The topological polar surface area (TPSA) is 38.7 Å². The van der Waals surface area contributed by atoms with Crippen LogP contribution >= 0.6 is 0 Å². The first-order valence-electron chi connectivity index (χ1n) is 5.90. The zero-order valence-electron chi connectivity index (χ0n) is 9.24. The molecule has 0 amide bonds. The van der Waals surface area contributed by atoms with Crippen molar-refractivity contribution in [1.29, 1.82) is 0 Å². The summed E-state index contributed by atoms with van der Waals surface area (Å²) in [6.07, 6.45) is 3.91. The molecular formula is C13H16O3. The van der Waals surface area contributed by atoms with Crippen molar-refractivity contribution in [3.8, 4) is 11.5 Å². The van der Waals surface area contributed by atoms with Gasteiger partial charge in [0.2, 0.25) is 0 Å². The van der Waals surface area contributed by atoms with Crippen molar-refractivity contribution < 1.29 is 14.6 Å². The molecule has 3 nitrogen and oxygen atoms in total. The van der Waals surface area contributed by atoms with Gasteiger partial charge in [-0.1, -0.05) is 18.9 Å². The van der Waals surface area contributed by atoms with Crippen LogP contribution in [0.5, 0.6) is 11.5 Å². The summed E-state index contributed by atoms with van der Waals surface area (Å²) >= 11 is 0. The van der Waals surface area contributed by atoms with Crippen LogP contribution in [-0.2, 0) is 5.60 Å². The Morgan fingerprint density at radius 2 is 1.69 bits per heavy atom. The minimum atomic E-state index is -0.643. The van der Waals surface area contributed by atoms with Crippen molar-refractivity contribution in [3.63, 3.8) is 0 Å². The summed E-state index contributed by atoms with van der Waals surface area (Å²) in [7, 11) is 0. The number of ether oxygens (including phenoxy) is 2. The lowest BCUT2D eigenvalue weighted by atomic mass is 9.92. The van der Waals surface area contributed by atoms with Gasteiger partial charge in [0.1, 0.15) is 13.2 Å². The maximum Gasteiger partial charge on any atom is 0.161 e. The lowest BCUT2D eigenvalue weighted by Crippen LogP contribution is -2.22. The maximum absolute atomic E-state index is 10.5. The van der Waals surface area contributed by atoms with Gasteiger partial charge in [-0.05, 0) is 30.5 Å². The van der Waals surface area contributed by atoms with E-state index < -0.39 is 5.60 Å². The van der Waals surface area contributed by atoms with E-state index in [9.17, 15) is 5.11 Å². The van der Waals surface area contributed by atoms with Crippen LogP contribution < -0.4 is 9.47 Å². The molecule has 1 aromatic rings. The first-order valence-corrected chi connectivity index (χ1v) is 5.90. The average molecular weight is 220 g/mol. The molecule has 1 heterocycles. The molecule has 1 aliphatic heterocycles. The highest BCUT2D eigenvalue weighted by molar-refractivity contribution is 5.45. The molecule has 0 atom stereocenters. The summed E-state index contributed by atoms with van der Waals surface area (Å²) in [5, 5.41) is 10.5.